The van der Waals surface area contributed by atoms with Crippen LogP contribution in [0.2, 0.25) is 0 Å². The van der Waals surface area contributed by atoms with E-state index in [1.165, 1.54) is 24.8 Å². The average molecular weight is 466 g/mol. The van der Waals surface area contributed by atoms with Crippen LogP contribution in [0.3, 0.4) is 0 Å². The van der Waals surface area contributed by atoms with Crippen molar-refractivity contribution in [2.24, 2.45) is 5.92 Å². The fraction of sp³-hybridized carbons (Fsp3) is 0.483. The number of ether oxygens (including phenoxy) is 1. The number of rotatable bonds is 5. The van der Waals surface area contributed by atoms with Crippen molar-refractivity contribution in [3.63, 3.8) is 0 Å². The zero-order valence-electron chi connectivity index (χ0n) is 19.7. The first-order chi connectivity index (χ1) is 15.7. The van der Waals surface area contributed by atoms with Crippen molar-refractivity contribution in [2.45, 2.75) is 70.9 Å². The molecule has 5 rings (SSSR count). The molecule has 0 aromatic heterocycles. The highest BCUT2D eigenvalue weighted by atomic mass is 35.5. The number of carbonyl (C=O) groups is 1. The van der Waals surface area contributed by atoms with Gasteiger partial charge in [-0.15, -0.1) is 12.4 Å². The number of fused-ring (bicyclic) bond motifs is 1. The van der Waals surface area contributed by atoms with Crippen LogP contribution >= 0.6 is 12.4 Å². The summed E-state index contributed by atoms with van der Waals surface area (Å²) in [6.45, 7) is 5.30. The van der Waals surface area contributed by atoms with Gasteiger partial charge in [-0.3, -0.25) is 9.69 Å². The molecule has 1 saturated carbocycles. The molecule has 0 atom stereocenters. The third-order valence-electron chi connectivity index (χ3n) is 7.48. The zero-order chi connectivity index (χ0) is 21.9. The first kappa shape index (κ1) is 24.0. The SMILES string of the molecule is Cc1cc2c(cc1OC1CCCCC1)CC(=CC1CCN(Cc3ccccc3)CC1)C2=O.Cl. The average Bonchev–Trinajstić information content (AvgIpc) is 3.11. The van der Waals surface area contributed by atoms with Crippen LogP contribution in [-0.2, 0) is 13.0 Å². The van der Waals surface area contributed by atoms with E-state index in [-0.39, 0.29) is 18.2 Å². The predicted molar refractivity (Wildman–Crippen MR) is 136 cm³/mol. The number of likely N-dealkylation sites (tertiary alicyclic amines) is 1. The fourth-order valence-electron chi connectivity index (χ4n) is 5.57. The number of halogens is 1. The molecule has 1 saturated heterocycles. The van der Waals surface area contributed by atoms with Gasteiger partial charge >= 0.3 is 0 Å². The van der Waals surface area contributed by atoms with Crippen LogP contribution in [0.5, 0.6) is 5.75 Å². The lowest BCUT2D eigenvalue weighted by molar-refractivity contribution is 0.103. The van der Waals surface area contributed by atoms with Crippen molar-refractivity contribution >= 4 is 18.2 Å². The maximum absolute atomic E-state index is 13.1. The molecule has 0 amide bonds. The van der Waals surface area contributed by atoms with Crippen molar-refractivity contribution < 1.29 is 9.53 Å². The van der Waals surface area contributed by atoms with Crippen molar-refractivity contribution in [3.05, 3.63) is 76.4 Å². The van der Waals surface area contributed by atoms with Crippen LogP contribution in [0, 0.1) is 12.8 Å². The Hall–Kier alpha value is -2.10. The predicted octanol–water partition coefficient (Wildman–Crippen LogP) is 6.71. The summed E-state index contributed by atoms with van der Waals surface area (Å²) >= 11 is 0. The number of Topliss-reactive ketones (excluding diaryl/α,β-unsaturated/α-hetero) is 1. The quantitative estimate of drug-likeness (QED) is 0.460. The Bertz CT molecular complexity index is 986. The topological polar surface area (TPSA) is 29.5 Å². The molecule has 0 bridgehead atoms. The van der Waals surface area contributed by atoms with Crippen LogP contribution < -0.4 is 4.74 Å². The maximum Gasteiger partial charge on any atom is 0.189 e. The Morgan fingerprint density at radius 3 is 2.45 bits per heavy atom. The number of nitrogens with zero attached hydrogens (tertiary/aromatic N) is 1. The summed E-state index contributed by atoms with van der Waals surface area (Å²) in [4.78, 5) is 15.6. The van der Waals surface area contributed by atoms with Gasteiger partial charge in [-0.2, -0.15) is 0 Å². The molecule has 1 heterocycles. The number of carbonyl (C=O) groups excluding carboxylic acids is 1. The standard InChI is InChI=1S/C29H35NO2.ClH/c1-21-16-27-24(19-28(21)32-26-10-6-3-7-11-26)18-25(29(27)31)17-22-12-14-30(15-13-22)20-23-8-4-2-5-9-23;/h2,4-5,8-9,16-17,19,22,26H,3,6-7,10-15,18,20H2,1H3;1H. The van der Waals surface area contributed by atoms with E-state index in [2.05, 4.69) is 60.4 Å². The highest BCUT2D eigenvalue weighted by Gasteiger charge is 2.28. The molecule has 176 valence electrons. The van der Waals surface area contributed by atoms with Gasteiger partial charge in [0, 0.05) is 24.1 Å². The Morgan fingerprint density at radius 2 is 1.73 bits per heavy atom. The second kappa shape index (κ2) is 10.9. The van der Waals surface area contributed by atoms with Gasteiger partial charge in [0.15, 0.2) is 5.78 Å². The largest absolute Gasteiger partial charge is 0.490 e. The highest BCUT2D eigenvalue weighted by molar-refractivity contribution is 6.13. The molecule has 33 heavy (non-hydrogen) atoms. The summed E-state index contributed by atoms with van der Waals surface area (Å²) in [6, 6.07) is 14.9. The van der Waals surface area contributed by atoms with Gasteiger partial charge in [0.1, 0.15) is 5.75 Å². The van der Waals surface area contributed by atoms with Crippen LogP contribution in [0.4, 0.5) is 0 Å². The highest BCUT2D eigenvalue weighted by Crippen LogP contribution is 2.35. The molecule has 4 heteroatoms. The smallest absolute Gasteiger partial charge is 0.189 e. The van der Waals surface area contributed by atoms with Crippen LogP contribution in [-0.4, -0.2) is 29.9 Å². The van der Waals surface area contributed by atoms with E-state index >= 15 is 0 Å². The molecule has 1 aliphatic heterocycles. The van der Waals surface area contributed by atoms with E-state index < -0.39 is 0 Å². The first-order valence-corrected chi connectivity index (χ1v) is 12.5. The van der Waals surface area contributed by atoms with Gasteiger partial charge in [-0.1, -0.05) is 42.8 Å². The van der Waals surface area contributed by atoms with E-state index in [9.17, 15) is 4.79 Å². The normalized spacial score (nSPS) is 21.1. The number of allylic oxidation sites excluding steroid dienone is 2. The van der Waals surface area contributed by atoms with Gasteiger partial charge < -0.3 is 4.74 Å². The van der Waals surface area contributed by atoms with E-state index in [0.29, 0.717) is 12.0 Å². The van der Waals surface area contributed by atoms with Crippen LogP contribution in [0.15, 0.2) is 54.1 Å². The monoisotopic (exact) mass is 465 g/mol. The molecule has 2 aromatic carbocycles. The molecular formula is C29H36ClNO2. The third kappa shape index (κ3) is 5.70. The second-order valence-corrected chi connectivity index (χ2v) is 9.95. The minimum absolute atomic E-state index is 0. The maximum atomic E-state index is 13.1. The number of piperidine rings is 1. The molecule has 3 aliphatic rings. The molecular weight excluding hydrogens is 430 g/mol. The summed E-state index contributed by atoms with van der Waals surface area (Å²) < 4.78 is 6.36. The number of benzene rings is 2. The summed E-state index contributed by atoms with van der Waals surface area (Å²) in [6.07, 6.45) is 11.8. The van der Waals surface area contributed by atoms with Gasteiger partial charge in [-0.05, 0) is 93.3 Å². The summed E-state index contributed by atoms with van der Waals surface area (Å²) in [7, 11) is 0. The second-order valence-electron chi connectivity index (χ2n) is 9.95. The lowest BCUT2D eigenvalue weighted by Crippen LogP contribution is -2.32. The number of aryl methyl sites for hydroxylation is 1. The van der Waals surface area contributed by atoms with E-state index in [1.807, 2.05) is 0 Å². The minimum atomic E-state index is 0. The van der Waals surface area contributed by atoms with Crippen molar-refractivity contribution in [3.8, 4) is 5.75 Å². The van der Waals surface area contributed by atoms with E-state index in [4.69, 9.17) is 4.74 Å². The number of hydrogen-bond acceptors (Lipinski definition) is 3. The molecule has 2 aromatic rings. The Labute approximate surface area is 204 Å². The van der Waals surface area contributed by atoms with Crippen molar-refractivity contribution in [1.29, 1.82) is 0 Å². The molecule has 0 spiro atoms. The summed E-state index contributed by atoms with van der Waals surface area (Å²) in [5.41, 5.74) is 5.52. The molecule has 2 aliphatic carbocycles. The molecule has 0 unspecified atom stereocenters. The van der Waals surface area contributed by atoms with Gasteiger partial charge in [-0.25, -0.2) is 0 Å². The van der Waals surface area contributed by atoms with Gasteiger partial charge in [0.05, 0.1) is 6.10 Å². The summed E-state index contributed by atoms with van der Waals surface area (Å²) in [5, 5.41) is 0. The molecule has 0 radical (unpaired) electrons. The van der Waals surface area contributed by atoms with Gasteiger partial charge in [0.2, 0.25) is 0 Å². The Morgan fingerprint density at radius 1 is 1.00 bits per heavy atom. The Kier molecular flexibility index (Phi) is 7.93. The van der Waals surface area contributed by atoms with E-state index in [1.54, 1.807) is 0 Å². The first-order valence-electron chi connectivity index (χ1n) is 12.5. The van der Waals surface area contributed by atoms with Crippen LogP contribution in [0.25, 0.3) is 0 Å². The molecule has 0 N–H and O–H groups in total. The molecule has 3 nitrogen and oxygen atoms in total. The number of hydrogen-bond donors (Lipinski definition) is 0. The van der Waals surface area contributed by atoms with Gasteiger partial charge in [0.25, 0.3) is 0 Å². The van der Waals surface area contributed by atoms with Crippen LogP contribution in [0.1, 0.15) is 72.0 Å². The van der Waals surface area contributed by atoms with Crippen molar-refractivity contribution in [2.75, 3.05) is 13.1 Å². The van der Waals surface area contributed by atoms with E-state index in [0.717, 1.165) is 79.8 Å². The third-order valence-corrected chi connectivity index (χ3v) is 7.48. The number of ketones is 1. The van der Waals surface area contributed by atoms with Crippen molar-refractivity contribution in [1.82, 2.24) is 4.90 Å². The molecule has 2 fully saturated rings. The lowest BCUT2D eigenvalue weighted by atomic mass is 9.93. The lowest BCUT2D eigenvalue weighted by Gasteiger charge is -2.30. The minimum Gasteiger partial charge on any atom is -0.490 e. The Balaban J connectivity index is 0.00000259. The summed E-state index contributed by atoms with van der Waals surface area (Å²) in [5.74, 6) is 1.73. The zero-order valence-corrected chi connectivity index (χ0v) is 20.5. The fourth-order valence-corrected chi connectivity index (χ4v) is 5.57.